The molecule has 0 bridgehead atoms. The number of carboxylic acids is 1. The second kappa shape index (κ2) is 9.55. The van der Waals surface area contributed by atoms with Crippen LogP contribution in [0.15, 0.2) is 78.9 Å². The van der Waals surface area contributed by atoms with Gasteiger partial charge in [-0.05, 0) is 47.9 Å². The molecule has 5 heteroatoms. The normalized spacial score (nSPS) is 11.5. The van der Waals surface area contributed by atoms with E-state index in [1.54, 1.807) is 36.4 Å². The van der Waals surface area contributed by atoms with E-state index in [2.05, 4.69) is 5.32 Å². The summed E-state index contributed by atoms with van der Waals surface area (Å²) < 4.78 is 5.42. The molecule has 0 aliphatic heterocycles. The van der Waals surface area contributed by atoms with Crippen molar-refractivity contribution in [3.63, 3.8) is 0 Å². The summed E-state index contributed by atoms with van der Waals surface area (Å²) in [6, 6.07) is 23.6. The number of carboxylic acid groups (broad SMARTS) is 1. The van der Waals surface area contributed by atoms with Gasteiger partial charge in [-0.1, -0.05) is 54.6 Å². The van der Waals surface area contributed by atoms with Crippen molar-refractivity contribution in [1.82, 2.24) is 5.32 Å². The Labute approximate surface area is 170 Å². The van der Waals surface area contributed by atoms with Crippen LogP contribution in [0.25, 0.3) is 11.1 Å². The van der Waals surface area contributed by atoms with Crippen molar-refractivity contribution >= 4 is 11.9 Å². The maximum atomic E-state index is 12.7. The van der Waals surface area contributed by atoms with Crippen LogP contribution in [-0.4, -0.2) is 23.6 Å². The predicted molar refractivity (Wildman–Crippen MR) is 112 cm³/mol. The van der Waals surface area contributed by atoms with Crippen molar-refractivity contribution in [3.05, 3.63) is 90.0 Å². The van der Waals surface area contributed by atoms with Crippen molar-refractivity contribution in [2.45, 2.75) is 19.4 Å². The van der Waals surface area contributed by atoms with E-state index < -0.39 is 12.0 Å². The maximum absolute atomic E-state index is 12.7. The number of aliphatic carboxylic acids is 1. The molecule has 0 aliphatic rings. The van der Waals surface area contributed by atoms with Gasteiger partial charge in [0, 0.05) is 5.56 Å². The zero-order chi connectivity index (χ0) is 20.6. The third kappa shape index (κ3) is 5.45. The Balaban J connectivity index is 1.75. The van der Waals surface area contributed by atoms with Gasteiger partial charge in [-0.3, -0.25) is 9.59 Å². The highest BCUT2D eigenvalue weighted by Gasteiger charge is 2.19. The van der Waals surface area contributed by atoms with E-state index in [1.165, 1.54) is 0 Å². The molecule has 3 aromatic carbocycles. The Hall–Kier alpha value is -3.60. The van der Waals surface area contributed by atoms with Crippen molar-refractivity contribution in [2.24, 2.45) is 0 Å². The fourth-order valence-electron chi connectivity index (χ4n) is 3.08. The molecule has 0 saturated heterocycles. The molecule has 0 radical (unpaired) electrons. The molecule has 0 aromatic heterocycles. The van der Waals surface area contributed by atoms with E-state index in [4.69, 9.17) is 4.74 Å². The van der Waals surface area contributed by atoms with Crippen LogP contribution in [0.3, 0.4) is 0 Å². The van der Waals surface area contributed by atoms with Gasteiger partial charge in [-0.2, -0.15) is 0 Å². The zero-order valence-electron chi connectivity index (χ0n) is 16.2. The minimum atomic E-state index is -0.983. The van der Waals surface area contributed by atoms with Crippen LogP contribution < -0.4 is 10.1 Å². The Kier molecular flexibility index (Phi) is 6.63. The van der Waals surface area contributed by atoms with Crippen molar-refractivity contribution in [1.29, 1.82) is 0 Å². The monoisotopic (exact) mass is 389 g/mol. The second-order valence-corrected chi connectivity index (χ2v) is 6.57. The van der Waals surface area contributed by atoms with Crippen molar-refractivity contribution in [2.75, 3.05) is 6.61 Å². The average molecular weight is 389 g/mol. The molecule has 0 heterocycles. The molecule has 1 amide bonds. The van der Waals surface area contributed by atoms with Crippen LogP contribution in [0.5, 0.6) is 5.75 Å². The topological polar surface area (TPSA) is 75.6 Å². The first kappa shape index (κ1) is 20.1. The summed E-state index contributed by atoms with van der Waals surface area (Å²) in [5.41, 5.74) is 3.27. The Bertz CT molecular complexity index is 950. The summed E-state index contributed by atoms with van der Waals surface area (Å²) in [6.07, 6.45) is -0.207. The average Bonchev–Trinajstić information content (AvgIpc) is 2.74. The van der Waals surface area contributed by atoms with Gasteiger partial charge in [-0.15, -0.1) is 0 Å². The van der Waals surface area contributed by atoms with Gasteiger partial charge in [0.2, 0.25) is 0 Å². The van der Waals surface area contributed by atoms with Gasteiger partial charge < -0.3 is 15.2 Å². The summed E-state index contributed by atoms with van der Waals surface area (Å²) in [6.45, 7) is 2.44. The molecule has 3 aromatic rings. The third-order valence-electron chi connectivity index (χ3n) is 4.53. The number of carbonyl (C=O) groups is 2. The molecule has 1 atom stereocenters. The molecular formula is C24H23NO4. The smallest absolute Gasteiger partial charge is 0.305 e. The lowest BCUT2D eigenvalue weighted by Gasteiger charge is -2.18. The first-order valence-electron chi connectivity index (χ1n) is 9.47. The molecule has 3 rings (SSSR count). The molecule has 0 spiro atoms. The number of carbonyl (C=O) groups excluding carboxylic acids is 1. The van der Waals surface area contributed by atoms with Gasteiger partial charge in [-0.25, -0.2) is 0 Å². The molecule has 0 saturated carbocycles. The van der Waals surface area contributed by atoms with E-state index in [-0.39, 0.29) is 12.3 Å². The number of rotatable bonds is 8. The number of benzene rings is 3. The van der Waals surface area contributed by atoms with E-state index in [0.717, 1.165) is 11.1 Å². The van der Waals surface area contributed by atoms with E-state index in [0.29, 0.717) is 23.5 Å². The van der Waals surface area contributed by atoms with Gasteiger partial charge in [0.15, 0.2) is 0 Å². The first-order valence-corrected chi connectivity index (χ1v) is 9.47. The lowest BCUT2D eigenvalue weighted by molar-refractivity contribution is -0.137. The van der Waals surface area contributed by atoms with Gasteiger partial charge in [0.1, 0.15) is 5.75 Å². The minimum Gasteiger partial charge on any atom is -0.494 e. The summed E-state index contributed by atoms with van der Waals surface area (Å²) >= 11 is 0. The molecule has 2 N–H and O–H groups in total. The highest BCUT2D eigenvalue weighted by atomic mass is 16.5. The second-order valence-electron chi connectivity index (χ2n) is 6.57. The fraction of sp³-hybridized carbons (Fsp3) is 0.167. The summed E-state index contributed by atoms with van der Waals surface area (Å²) in [4.78, 5) is 24.0. The standard InChI is InChI=1S/C24H23NO4/c1-2-29-21-14-12-19(13-15-21)22(16-23(26)27)25-24(28)20-10-8-18(9-11-20)17-6-4-3-5-7-17/h3-15,22H,2,16H2,1H3,(H,25,28)(H,26,27). The summed E-state index contributed by atoms with van der Waals surface area (Å²) in [7, 11) is 0. The number of amides is 1. The Morgan fingerprint density at radius 1 is 0.897 bits per heavy atom. The Morgan fingerprint density at radius 3 is 2.10 bits per heavy atom. The van der Waals surface area contributed by atoms with Gasteiger partial charge >= 0.3 is 5.97 Å². The third-order valence-corrected chi connectivity index (χ3v) is 4.53. The van der Waals surface area contributed by atoms with E-state index >= 15 is 0 Å². The van der Waals surface area contributed by atoms with E-state index in [9.17, 15) is 14.7 Å². The number of hydrogen-bond donors (Lipinski definition) is 2. The molecular weight excluding hydrogens is 366 g/mol. The number of nitrogens with one attached hydrogen (secondary N) is 1. The zero-order valence-corrected chi connectivity index (χ0v) is 16.2. The molecule has 0 fully saturated rings. The van der Waals surface area contributed by atoms with E-state index in [1.807, 2.05) is 49.4 Å². The number of hydrogen-bond acceptors (Lipinski definition) is 3. The highest BCUT2D eigenvalue weighted by Crippen LogP contribution is 2.22. The maximum Gasteiger partial charge on any atom is 0.305 e. The van der Waals surface area contributed by atoms with Crippen molar-refractivity contribution < 1.29 is 19.4 Å². The quantitative estimate of drug-likeness (QED) is 0.586. The molecule has 5 nitrogen and oxygen atoms in total. The summed E-state index contributed by atoms with van der Waals surface area (Å²) in [5, 5.41) is 12.1. The predicted octanol–water partition coefficient (Wildman–Crippen LogP) is 4.70. The van der Waals surface area contributed by atoms with Gasteiger partial charge in [0.25, 0.3) is 5.91 Å². The summed E-state index contributed by atoms with van der Waals surface area (Å²) in [5.74, 6) is -0.596. The lowest BCUT2D eigenvalue weighted by Crippen LogP contribution is -2.30. The van der Waals surface area contributed by atoms with Crippen LogP contribution in [-0.2, 0) is 4.79 Å². The van der Waals surface area contributed by atoms with Crippen LogP contribution in [0, 0.1) is 0 Å². The number of ether oxygens (including phenoxy) is 1. The van der Waals surface area contributed by atoms with Crippen LogP contribution in [0.2, 0.25) is 0 Å². The molecule has 1 unspecified atom stereocenters. The SMILES string of the molecule is CCOc1ccc(C(CC(=O)O)NC(=O)c2ccc(-c3ccccc3)cc2)cc1. The molecule has 148 valence electrons. The molecule has 0 aliphatic carbocycles. The minimum absolute atomic E-state index is 0.207. The Morgan fingerprint density at radius 2 is 1.52 bits per heavy atom. The van der Waals surface area contributed by atoms with Crippen LogP contribution in [0.1, 0.15) is 35.3 Å². The molecule has 29 heavy (non-hydrogen) atoms. The van der Waals surface area contributed by atoms with Crippen LogP contribution in [0.4, 0.5) is 0 Å². The van der Waals surface area contributed by atoms with Crippen LogP contribution >= 0.6 is 0 Å². The van der Waals surface area contributed by atoms with Crippen molar-refractivity contribution in [3.8, 4) is 16.9 Å². The fourth-order valence-corrected chi connectivity index (χ4v) is 3.08. The lowest BCUT2D eigenvalue weighted by atomic mass is 10.0. The largest absolute Gasteiger partial charge is 0.494 e. The highest BCUT2D eigenvalue weighted by molar-refractivity contribution is 5.95. The van der Waals surface area contributed by atoms with Gasteiger partial charge in [0.05, 0.1) is 19.1 Å². The first-order chi connectivity index (χ1) is 14.1.